The number of hydrogen-bond acceptors (Lipinski definition) is 3. The van der Waals surface area contributed by atoms with Crippen molar-refractivity contribution in [3.8, 4) is 0 Å². The molecule has 1 amide bonds. The first-order chi connectivity index (χ1) is 12.1. The zero-order valence-electron chi connectivity index (χ0n) is 14.5. The van der Waals surface area contributed by atoms with E-state index in [0.717, 1.165) is 16.6 Å². The number of rotatable bonds is 6. The van der Waals surface area contributed by atoms with E-state index in [-0.39, 0.29) is 24.6 Å². The van der Waals surface area contributed by atoms with Crippen LogP contribution in [0.25, 0.3) is 11.0 Å². The number of amides is 1. The highest BCUT2D eigenvalue weighted by molar-refractivity contribution is 5.83. The summed E-state index contributed by atoms with van der Waals surface area (Å²) >= 11 is 0. The molecule has 5 nitrogen and oxygen atoms in total. The fourth-order valence-electron chi connectivity index (χ4n) is 3.24. The molecule has 1 aromatic heterocycles. The van der Waals surface area contributed by atoms with Gasteiger partial charge in [0.2, 0.25) is 5.91 Å². The lowest BCUT2D eigenvalue weighted by atomic mass is 10.0. The number of aromatic nitrogens is 2. The van der Waals surface area contributed by atoms with Crippen molar-refractivity contribution >= 4 is 16.9 Å². The first-order valence-corrected chi connectivity index (χ1v) is 8.47. The maximum Gasteiger partial charge on any atom is 0.245 e. The predicted molar refractivity (Wildman–Crippen MR) is 98.1 cm³/mol. The lowest BCUT2D eigenvalue weighted by Crippen LogP contribution is -2.36. The summed E-state index contributed by atoms with van der Waals surface area (Å²) < 4.78 is 1.90. The molecule has 0 aliphatic heterocycles. The minimum absolute atomic E-state index is 0.00884. The first kappa shape index (κ1) is 17.2. The predicted octanol–water partition coefficient (Wildman–Crippen LogP) is 3.18. The lowest BCUT2D eigenvalue weighted by Gasteiger charge is -2.31. The standard InChI is InChI=1S/C20H23N3O2/c1-15(23-14-21-17-10-6-7-11-19(17)23)20(25)22(2)18(12-13-24)16-8-4-3-5-9-16/h3-11,14-15,18,24H,12-13H2,1-2H3. The molecule has 3 aromatic rings. The smallest absolute Gasteiger partial charge is 0.245 e. The molecule has 1 N–H and O–H groups in total. The molecule has 0 fully saturated rings. The van der Waals surface area contributed by atoms with Crippen LogP contribution in [-0.2, 0) is 4.79 Å². The Balaban J connectivity index is 1.87. The molecule has 0 radical (unpaired) electrons. The molecule has 5 heteroatoms. The molecule has 3 rings (SSSR count). The Bertz CT molecular complexity index is 844. The second-order valence-electron chi connectivity index (χ2n) is 6.20. The van der Waals surface area contributed by atoms with Crippen molar-refractivity contribution in [2.75, 3.05) is 13.7 Å². The Labute approximate surface area is 147 Å². The van der Waals surface area contributed by atoms with Crippen LogP contribution in [0.15, 0.2) is 60.9 Å². The molecule has 25 heavy (non-hydrogen) atoms. The van der Waals surface area contributed by atoms with Crippen molar-refractivity contribution in [1.29, 1.82) is 0 Å². The molecule has 0 aliphatic carbocycles. The molecule has 130 valence electrons. The third kappa shape index (κ3) is 3.42. The molecule has 2 atom stereocenters. The number of imidazole rings is 1. The number of carbonyl (C=O) groups excluding carboxylic acids is 1. The summed E-state index contributed by atoms with van der Waals surface area (Å²) in [5, 5.41) is 9.44. The average molecular weight is 337 g/mol. The summed E-state index contributed by atoms with van der Waals surface area (Å²) in [6, 6.07) is 17.1. The van der Waals surface area contributed by atoms with E-state index >= 15 is 0 Å². The Morgan fingerprint density at radius 3 is 2.56 bits per heavy atom. The SMILES string of the molecule is CC(C(=O)N(C)C(CCO)c1ccccc1)n1cnc2ccccc21. The maximum atomic E-state index is 13.1. The van der Waals surface area contributed by atoms with E-state index in [4.69, 9.17) is 0 Å². The Kier molecular flexibility index (Phi) is 5.14. The van der Waals surface area contributed by atoms with Gasteiger partial charge >= 0.3 is 0 Å². The summed E-state index contributed by atoms with van der Waals surface area (Å²) in [6.07, 6.45) is 2.22. The van der Waals surface area contributed by atoms with Crippen molar-refractivity contribution < 1.29 is 9.90 Å². The van der Waals surface area contributed by atoms with Gasteiger partial charge in [-0.25, -0.2) is 4.98 Å². The highest BCUT2D eigenvalue weighted by atomic mass is 16.3. The number of carbonyl (C=O) groups is 1. The van der Waals surface area contributed by atoms with Crippen molar-refractivity contribution in [2.45, 2.75) is 25.4 Å². The van der Waals surface area contributed by atoms with E-state index < -0.39 is 0 Å². The summed E-state index contributed by atoms with van der Waals surface area (Å²) in [4.78, 5) is 19.2. The molecule has 0 saturated heterocycles. The summed E-state index contributed by atoms with van der Waals surface area (Å²) in [5.74, 6) is -0.00884. The van der Waals surface area contributed by atoms with Gasteiger partial charge in [-0.1, -0.05) is 42.5 Å². The average Bonchev–Trinajstić information content (AvgIpc) is 3.09. The van der Waals surface area contributed by atoms with Crippen molar-refractivity contribution in [1.82, 2.24) is 14.5 Å². The van der Waals surface area contributed by atoms with E-state index in [1.807, 2.05) is 66.1 Å². The minimum Gasteiger partial charge on any atom is -0.396 e. The number of hydrogen-bond donors (Lipinski definition) is 1. The molecule has 0 saturated carbocycles. The highest BCUT2D eigenvalue weighted by Crippen LogP contribution is 2.26. The van der Waals surface area contributed by atoms with Gasteiger partial charge in [0.25, 0.3) is 0 Å². The topological polar surface area (TPSA) is 58.4 Å². The zero-order valence-corrected chi connectivity index (χ0v) is 14.5. The Morgan fingerprint density at radius 2 is 1.84 bits per heavy atom. The molecule has 0 aliphatic rings. The molecular formula is C20H23N3O2. The number of fused-ring (bicyclic) bond motifs is 1. The van der Waals surface area contributed by atoms with Gasteiger partial charge in [0, 0.05) is 13.7 Å². The minimum atomic E-state index is -0.373. The monoisotopic (exact) mass is 337 g/mol. The van der Waals surface area contributed by atoms with Gasteiger partial charge < -0.3 is 14.6 Å². The van der Waals surface area contributed by atoms with Gasteiger partial charge in [-0.2, -0.15) is 0 Å². The van der Waals surface area contributed by atoms with E-state index in [0.29, 0.717) is 6.42 Å². The van der Waals surface area contributed by atoms with Gasteiger partial charge in [0.15, 0.2) is 0 Å². The van der Waals surface area contributed by atoms with Crippen LogP contribution >= 0.6 is 0 Å². The summed E-state index contributed by atoms with van der Waals surface area (Å²) in [5.41, 5.74) is 2.84. The van der Waals surface area contributed by atoms with Crippen molar-refractivity contribution in [3.05, 3.63) is 66.5 Å². The highest BCUT2D eigenvalue weighted by Gasteiger charge is 2.26. The number of benzene rings is 2. The van der Waals surface area contributed by atoms with Crippen LogP contribution in [0.2, 0.25) is 0 Å². The summed E-state index contributed by atoms with van der Waals surface area (Å²) in [7, 11) is 1.80. The molecule has 1 heterocycles. The van der Waals surface area contributed by atoms with Crippen LogP contribution in [0.1, 0.15) is 31.0 Å². The molecule has 0 spiro atoms. The van der Waals surface area contributed by atoms with Gasteiger partial charge in [-0.3, -0.25) is 4.79 Å². The number of nitrogens with zero attached hydrogens (tertiary/aromatic N) is 3. The fraction of sp³-hybridized carbons (Fsp3) is 0.300. The van der Waals surface area contributed by atoms with Gasteiger partial charge in [0.05, 0.1) is 23.4 Å². The normalized spacial score (nSPS) is 13.6. The van der Waals surface area contributed by atoms with Crippen LogP contribution < -0.4 is 0 Å². The third-order valence-corrected chi connectivity index (χ3v) is 4.66. The second-order valence-corrected chi connectivity index (χ2v) is 6.20. The fourth-order valence-corrected chi connectivity index (χ4v) is 3.24. The second kappa shape index (κ2) is 7.49. The Morgan fingerprint density at radius 1 is 1.16 bits per heavy atom. The largest absolute Gasteiger partial charge is 0.396 e. The van der Waals surface area contributed by atoms with Crippen LogP contribution in [-0.4, -0.2) is 39.1 Å². The number of likely N-dealkylation sites (N-methyl/N-ethyl adjacent to an activating group) is 1. The van der Waals surface area contributed by atoms with Crippen LogP contribution in [0, 0.1) is 0 Å². The lowest BCUT2D eigenvalue weighted by molar-refractivity contribution is -0.135. The van der Waals surface area contributed by atoms with E-state index in [9.17, 15) is 9.90 Å². The van der Waals surface area contributed by atoms with Crippen LogP contribution in [0.5, 0.6) is 0 Å². The summed E-state index contributed by atoms with van der Waals surface area (Å²) in [6.45, 7) is 1.91. The number of aliphatic hydroxyl groups is 1. The maximum absolute atomic E-state index is 13.1. The molecule has 2 aromatic carbocycles. The van der Waals surface area contributed by atoms with E-state index in [2.05, 4.69) is 4.98 Å². The van der Waals surface area contributed by atoms with Crippen LogP contribution in [0.3, 0.4) is 0 Å². The Hall–Kier alpha value is -2.66. The molecule has 0 bridgehead atoms. The quantitative estimate of drug-likeness (QED) is 0.751. The van der Waals surface area contributed by atoms with Gasteiger partial charge in [0.1, 0.15) is 6.04 Å². The van der Waals surface area contributed by atoms with E-state index in [1.165, 1.54) is 0 Å². The van der Waals surface area contributed by atoms with Crippen LogP contribution in [0.4, 0.5) is 0 Å². The van der Waals surface area contributed by atoms with E-state index in [1.54, 1.807) is 18.3 Å². The third-order valence-electron chi connectivity index (χ3n) is 4.66. The zero-order chi connectivity index (χ0) is 17.8. The van der Waals surface area contributed by atoms with Gasteiger partial charge in [-0.15, -0.1) is 0 Å². The van der Waals surface area contributed by atoms with Crippen molar-refractivity contribution in [2.24, 2.45) is 0 Å². The number of aliphatic hydroxyl groups excluding tert-OH is 1. The first-order valence-electron chi connectivity index (χ1n) is 8.47. The molecule has 2 unspecified atom stereocenters. The van der Waals surface area contributed by atoms with Gasteiger partial charge in [-0.05, 0) is 31.0 Å². The number of para-hydroxylation sites is 2. The molecular weight excluding hydrogens is 314 g/mol. The van der Waals surface area contributed by atoms with Crippen molar-refractivity contribution in [3.63, 3.8) is 0 Å².